The second kappa shape index (κ2) is 9.27. The molecular formula is C18H25N3O3S. The minimum absolute atomic E-state index is 0.00328. The van der Waals surface area contributed by atoms with Gasteiger partial charge in [0, 0.05) is 18.0 Å². The third kappa shape index (κ3) is 5.94. The Hall–Kier alpha value is -2.28. The fourth-order valence-electron chi connectivity index (χ4n) is 2.20. The molecule has 136 valence electrons. The molecule has 2 rings (SSSR count). The number of hydrogen-bond donors (Lipinski definition) is 2. The molecule has 1 amide bonds. The Balaban J connectivity index is 1.96. The zero-order valence-corrected chi connectivity index (χ0v) is 15.9. The zero-order valence-electron chi connectivity index (χ0n) is 15.1. The lowest BCUT2D eigenvalue weighted by Crippen LogP contribution is -2.26. The van der Waals surface area contributed by atoms with Crippen LogP contribution in [0.3, 0.4) is 0 Å². The van der Waals surface area contributed by atoms with Gasteiger partial charge in [0.25, 0.3) is 0 Å². The average molecular weight is 363 g/mol. The molecular weight excluding hydrogens is 338 g/mol. The molecule has 0 radical (unpaired) electrons. The smallest absolute Gasteiger partial charge is 0.226 e. The SMILES string of the molecule is COc1ccc(OC)c(Nc2nc(CC(=O)NCCC(C)C)cs2)c1. The van der Waals surface area contributed by atoms with E-state index in [0.717, 1.165) is 23.6 Å². The summed E-state index contributed by atoms with van der Waals surface area (Å²) in [6.07, 6.45) is 1.26. The standard InChI is InChI=1S/C18H25N3O3S/c1-12(2)7-8-19-17(22)9-13-11-25-18(20-13)21-15-10-14(23-3)5-6-16(15)24-4/h5-6,10-12H,7-9H2,1-4H3,(H,19,22)(H,20,21). The largest absolute Gasteiger partial charge is 0.497 e. The second-order valence-corrected chi connectivity index (χ2v) is 6.90. The summed E-state index contributed by atoms with van der Waals surface area (Å²) in [4.78, 5) is 16.4. The van der Waals surface area contributed by atoms with Gasteiger partial charge in [-0.1, -0.05) is 13.8 Å². The first-order valence-corrected chi connectivity index (χ1v) is 9.10. The Morgan fingerprint density at radius 3 is 2.76 bits per heavy atom. The number of anilines is 2. The molecule has 1 heterocycles. The van der Waals surface area contributed by atoms with E-state index in [1.807, 2.05) is 23.6 Å². The van der Waals surface area contributed by atoms with Crippen molar-refractivity contribution < 1.29 is 14.3 Å². The van der Waals surface area contributed by atoms with Crippen molar-refractivity contribution in [2.24, 2.45) is 5.92 Å². The summed E-state index contributed by atoms with van der Waals surface area (Å²) in [5, 5.41) is 8.74. The number of nitrogens with zero attached hydrogens (tertiary/aromatic N) is 1. The van der Waals surface area contributed by atoms with Crippen LogP contribution in [0.15, 0.2) is 23.6 Å². The first-order valence-electron chi connectivity index (χ1n) is 8.22. The van der Waals surface area contributed by atoms with E-state index >= 15 is 0 Å². The summed E-state index contributed by atoms with van der Waals surface area (Å²) in [7, 11) is 3.23. The van der Waals surface area contributed by atoms with Crippen LogP contribution in [0, 0.1) is 5.92 Å². The summed E-state index contributed by atoms with van der Waals surface area (Å²) < 4.78 is 10.6. The van der Waals surface area contributed by atoms with Gasteiger partial charge in [-0.25, -0.2) is 4.98 Å². The second-order valence-electron chi connectivity index (χ2n) is 6.04. The van der Waals surface area contributed by atoms with E-state index in [4.69, 9.17) is 9.47 Å². The van der Waals surface area contributed by atoms with Crippen LogP contribution < -0.4 is 20.1 Å². The molecule has 1 aromatic heterocycles. The molecule has 0 fully saturated rings. The van der Waals surface area contributed by atoms with Crippen molar-refractivity contribution in [1.29, 1.82) is 0 Å². The molecule has 0 bridgehead atoms. The van der Waals surface area contributed by atoms with E-state index in [1.54, 1.807) is 14.2 Å². The van der Waals surface area contributed by atoms with E-state index < -0.39 is 0 Å². The first kappa shape index (κ1) is 19.1. The maximum atomic E-state index is 11.9. The zero-order chi connectivity index (χ0) is 18.2. The van der Waals surface area contributed by atoms with Gasteiger partial charge in [-0.3, -0.25) is 4.79 Å². The van der Waals surface area contributed by atoms with Crippen molar-refractivity contribution in [1.82, 2.24) is 10.3 Å². The lowest BCUT2D eigenvalue weighted by molar-refractivity contribution is -0.120. The first-order chi connectivity index (χ1) is 12.0. The Morgan fingerprint density at radius 1 is 1.28 bits per heavy atom. The van der Waals surface area contributed by atoms with Gasteiger partial charge < -0.3 is 20.1 Å². The number of methoxy groups -OCH3 is 2. The lowest BCUT2D eigenvalue weighted by atomic mass is 10.1. The molecule has 0 unspecified atom stereocenters. The van der Waals surface area contributed by atoms with Gasteiger partial charge in [0.1, 0.15) is 11.5 Å². The molecule has 6 nitrogen and oxygen atoms in total. The van der Waals surface area contributed by atoms with Gasteiger partial charge in [0.2, 0.25) is 5.91 Å². The number of ether oxygens (including phenoxy) is 2. The minimum Gasteiger partial charge on any atom is -0.497 e. The van der Waals surface area contributed by atoms with Crippen LogP contribution in [0.2, 0.25) is 0 Å². The maximum absolute atomic E-state index is 11.9. The van der Waals surface area contributed by atoms with E-state index in [1.165, 1.54) is 11.3 Å². The molecule has 7 heteroatoms. The maximum Gasteiger partial charge on any atom is 0.226 e. The Labute approximate surface area is 152 Å². The fourth-order valence-corrected chi connectivity index (χ4v) is 2.92. The van der Waals surface area contributed by atoms with Gasteiger partial charge in [-0.2, -0.15) is 0 Å². The van der Waals surface area contributed by atoms with Crippen LogP contribution in [-0.2, 0) is 11.2 Å². The molecule has 25 heavy (non-hydrogen) atoms. The number of thiazole rings is 1. The van der Waals surface area contributed by atoms with E-state index in [9.17, 15) is 4.79 Å². The van der Waals surface area contributed by atoms with Gasteiger partial charge >= 0.3 is 0 Å². The van der Waals surface area contributed by atoms with Crippen molar-refractivity contribution in [3.05, 3.63) is 29.3 Å². The monoisotopic (exact) mass is 363 g/mol. The number of rotatable bonds is 9. The molecule has 0 spiro atoms. The van der Waals surface area contributed by atoms with Crippen molar-refractivity contribution >= 4 is 28.1 Å². The van der Waals surface area contributed by atoms with Crippen LogP contribution in [0.1, 0.15) is 26.0 Å². The molecule has 0 saturated carbocycles. The third-order valence-electron chi connectivity index (χ3n) is 3.59. The third-order valence-corrected chi connectivity index (χ3v) is 4.39. The number of carbonyl (C=O) groups excluding carboxylic acids is 1. The summed E-state index contributed by atoms with van der Waals surface area (Å²) in [5.74, 6) is 2.00. The molecule has 0 saturated heterocycles. The average Bonchev–Trinajstić information content (AvgIpc) is 3.01. The number of hydrogen-bond acceptors (Lipinski definition) is 6. The van der Waals surface area contributed by atoms with Gasteiger partial charge in [-0.05, 0) is 24.5 Å². The predicted molar refractivity (Wildman–Crippen MR) is 101 cm³/mol. The summed E-state index contributed by atoms with van der Waals surface area (Å²) in [5.41, 5.74) is 1.51. The predicted octanol–water partition coefficient (Wildman–Crippen LogP) is 3.61. The van der Waals surface area contributed by atoms with Gasteiger partial charge in [0.15, 0.2) is 5.13 Å². The van der Waals surface area contributed by atoms with Gasteiger partial charge in [0.05, 0.1) is 32.0 Å². The van der Waals surface area contributed by atoms with Crippen LogP contribution >= 0.6 is 11.3 Å². The highest BCUT2D eigenvalue weighted by molar-refractivity contribution is 7.13. The van der Waals surface area contributed by atoms with Gasteiger partial charge in [-0.15, -0.1) is 11.3 Å². The van der Waals surface area contributed by atoms with Crippen LogP contribution in [0.25, 0.3) is 0 Å². The van der Waals surface area contributed by atoms with E-state index in [-0.39, 0.29) is 12.3 Å². The highest BCUT2D eigenvalue weighted by Crippen LogP contribution is 2.32. The van der Waals surface area contributed by atoms with Crippen molar-refractivity contribution in [3.8, 4) is 11.5 Å². The molecule has 2 aromatic rings. The van der Waals surface area contributed by atoms with Crippen molar-refractivity contribution in [2.45, 2.75) is 26.7 Å². The summed E-state index contributed by atoms with van der Waals surface area (Å²) in [6, 6.07) is 5.51. The normalized spacial score (nSPS) is 10.6. The summed E-state index contributed by atoms with van der Waals surface area (Å²) in [6.45, 7) is 4.97. The van der Waals surface area contributed by atoms with E-state index in [2.05, 4.69) is 29.5 Å². The Bertz CT molecular complexity index is 701. The summed E-state index contributed by atoms with van der Waals surface area (Å²) >= 11 is 1.45. The van der Waals surface area contributed by atoms with Crippen molar-refractivity contribution in [3.63, 3.8) is 0 Å². The quantitative estimate of drug-likeness (QED) is 0.712. The molecule has 0 aliphatic heterocycles. The molecule has 0 aliphatic rings. The van der Waals surface area contributed by atoms with Crippen LogP contribution in [-0.4, -0.2) is 31.7 Å². The molecule has 1 aromatic carbocycles. The molecule has 0 atom stereocenters. The Morgan fingerprint density at radius 2 is 2.08 bits per heavy atom. The lowest BCUT2D eigenvalue weighted by Gasteiger charge is -2.10. The fraction of sp³-hybridized carbons (Fsp3) is 0.444. The molecule has 0 aliphatic carbocycles. The number of nitrogens with one attached hydrogen (secondary N) is 2. The number of aromatic nitrogens is 1. The number of benzene rings is 1. The number of carbonyl (C=O) groups is 1. The Kier molecular flexibility index (Phi) is 7.06. The minimum atomic E-state index is -0.00328. The molecule has 2 N–H and O–H groups in total. The van der Waals surface area contributed by atoms with Crippen LogP contribution in [0.5, 0.6) is 11.5 Å². The van der Waals surface area contributed by atoms with Crippen molar-refractivity contribution in [2.75, 3.05) is 26.1 Å². The topological polar surface area (TPSA) is 72.5 Å². The number of amides is 1. The van der Waals surface area contributed by atoms with Crippen LogP contribution in [0.4, 0.5) is 10.8 Å². The highest BCUT2D eigenvalue weighted by atomic mass is 32.1. The van der Waals surface area contributed by atoms with E-state index in [0.29, 0.717) is 23.3 Å². The highest BCUT2D eigenvalue weighted by Gasteiger charge is 2.10.